The highest BCUT2D eigenvalue weighted by Gasteiger charge is 2.43. The molecule has 0 aliphatic carbocycles. The number of rotatable bonds is 5. The average molecular weight is 400 g/mol. The van der Waals surface area contributed by atoms with Crippen LogP contribution in [0.2, 0.25) is 18.1 Å². The fourth-order valence-corrected chi connectivity index (χ4v) is 3.96. The van der Waals surface area contributed by atoms with Gasteiger partial charge < -0.3 is 13.9 Å². The van der Waals surface area contributed by atoms with Gasteiger partial charge in [-0.15, -0.1) is 0 Å². The van der Waals surface area contributed by atoms with Crippen LogP contribution >= 0.6 is 0 Å². The Hall–Kier alpha value is -1.34. The van der Waals surface area contributed by atoms with Crippen molar-refractivity contribution in [3.63, 3.8) is 0 Å². The fraction of sp³-hybridized carbons (Fsp3) is 0.800. The Bertz CT molecular complexity index is 560. The van der Waals surface area contributed by atoms with Crippen LogP contribution in [0.25, 0.3) is 0 Å². The number of carbonyl (C=O) groups is 2. The summed E-state index contributed by atoms with van der Waals surface area (Å²) in [4.78, 5) is 26.0. The number of hydrogen-bond donors (Lipinski definition) is 0. The normalized spacial score (nSPS) is 21.6. The van der Waals surface area contributed by atoms with Crippen molar-refractivity contribution in [1.82, 2.24) is 4.90 Å². The lowest BCUT2D eigenvalue weighted by atomic mass is 10.2. The van der Waals surface area contributed by atoms with Crippen molar-refractivity contribution in [2.24, 2.45) is 0 Å². The van der Waals surface area contributed by atoms with Gasteiger partial charge in [0.15, 0.2) is 8.32 Å². The summed E-state index contributed by atoms with van der Waals surface area (Å²) in [5.41, 5.74) is -0.579. The van der Waals surface area contributed by atoms with Gasteiger partial charge in [-0.05, 0) is 52.2 Å². The molecule has 1 aliphatic rings. The molecule has 0 radical (unpaired) electrons. The monoisotopic (exact) mass is 399 g/mol. The van der Waals surface area contributed by atoms with E-state index in [9.17, 15) is 9.59 Å². The van der Waals surface area contributed by atoms with E-state index in [1.54, 1.807) is 17.9 Å². The highest BCUT2D eigenvalue weighted by atomic mass is 28.4. The molecule has 0 aromatic carbocycles. The fourth-order valence-electron chi connectivity index (χ4n) is 2.60. The van der Waals surface area contributed by atoms with Gasteiger partial charge in [0.25, 0.3) is 0 Å². The summed E-state index contributed by atoms with van der Waals surface area (Å²) in [6, 6.07) is -0.251. The molecule has 0 aromatic heterocycles. The minimum Gasteiger partial charge on any atom is -0.463 e. The van der Waals surface area contributed by atoms with Crippen LogP contribution in [0, 0.1) is 0 Å². The predicted molar refractivity (Wildman–Crippen MR) is 109 cm³/mol. The van der Waals surface area contributed by atoms with Crippen molar-refractivity contribution < 1.29 is 23.5 Å². The quantitative estimate of drug-likeness (QED) is 0.387. The van der Waals surface area contributed by atoms with Crippen LogP contribution in [0.3, 0.4) is 0 Å². The van der Waals surface area contributed by atoms with E-state index in [2.05, 4.69) is 33.9 Å². The zero-order valence-corrected chi connectivity index (χ0v) is 19.4. The number of likely N-dealkylation sites (tertiary alicyclic amines) is 1. The van der Waals surface area contributed by atoms with Gasteiger partial charge in [0, 0.05) is 12.6 Å². The van der Waals surface area contributed by atoms with E-state index in [1.165, 1.54) is 6.08 Å². The van der Waals surface area contributed by atoms with Crippen molar-refractivity contribution in [3.05, 3.63) is 12.2 Å². The van der Waals surface area contributed by atoms with E-state index in [0.717, 1.165) is 0 Å². The first-order valence-electron chi connectivity index (χ1n) is 9.68. The van der Waals surface area contributed by atoms with Crippen LogP contribution in [0.1, 0.15) is 54.9 Å². The smallest absolute Gasteiger partial charge is 0.410 e. The number of esters is 1. The molecule has 0 unspecified atom stereocenters. The van der Waals surface area contributed by atoms with Crippen molar-refractivity contribution in [3.8, 4) is 0 Å². The molecule has 0 saturated carbocycles. The molecule has 7 heteroatoms. The minimum absolute atomic E-state index is 0.0738. The average Bonchev–Trinajstić information content (AvgIpc) is 2.84. The molecule has 1 rings (SSSR count). The first-order chi connectivity index (χ1) is 12.2. The van der Waals surface area contributed by atoms with Crippen LogP contribution < -0.4 is 0 Å². The van der Waals surface area contributed by atoms with Gasteiger partial charge in [-0.25, -0.2) is 9.59 Å². The van der Waals surface area contributed by atoms with Gasteiger partial charge in [0.2, 0.25) is 0 Å². The van der Waals surface area contributed by atoms with Crippen LogP contribution in [-0.2, 0) is 18.7 Å². The zero-order chi connectivity index (χ0) is 21.0. The number of amides is 1. The van der Waals surface area contributed by atoms with Gasteiger partial charge in [0.1, 0.15) is 5.60 Å². The Morgan fingerprint density at radius 3 is 2.22 bits per heavy atom. The molecular weight excluding hydrogens is 362 g/mol. The number of carbonyl (C=O) groups excluding carboxylic acids is 2. The first-order valence-corrected chi connectivity index (χ1v) is 12.6. The second-order valence-corrected chi connectivity index (χ2v) is 14.3. The molecule has 156 valence electrons. The Kier molecular flexibility index (Phi) is 7.70. The highest BCUT2D eigenvalue weighted by Crippen LogP contribution is 2.39. The third-order valence-corrected chi connectivity index (χ3v) is 9.48. The standard InChI is InChI=1S/C20H37NO5Si/c1-10-24-17(22)12-11-15-13-16(26-27(8,9)20(5,6)7)14-21(15)18(23)25-19(2,3)4/h11-12,15-16H,10,13-14H2,1-9H3/t15-,16+/m0/s1. The Balaban J connectivity index is 2.95. The van der Waals surface area contributed by atoms with Crippen molar-refractivity contribution >= 4 is 20.4 Å². The van der Waals surface area contributed by atoms with Crippen molar-refractivity contribution in [2.45, 2.75) is 90.8 Å². The molecule has 1 aliphatic heterocycles. The molecule has 6 nitrogen and oxygen atoms in total. The Labute approximate surface area is 165 Å². The van der Waals surface area contributed by atoms with E-state index in [4.69, 9.17) is 13.9 Å². The van der Waals surface area contributed by atoms with Crippen LogP contribution in [0.5, 0.6) is 0 Å². The van der Waals surface area contributed by atoms with Crippen LogP contribution in [-0.4, -0.2) is 56.2 Å². The summed E-state index contributed by atoms with van der Waals surface area (Å²) < 4.78 is 17.0. The zero-order valence-electron chi connectivity index (χ0n) is 18.4. The lowest BCUT2D eigenvalue weighted by Gasteiger charge is -2.38. The van der Waals surface area contributed by atoms with Crippen molar-refractivity contribution in [2.75, 3.05) is 13.2 Å². The molecule has 0 N–H and O–H groups in total. The topological polar surface area (TPSA) is 65.1 Å². The summed E-state index contributed by atoms with van der Waals surface area (Å²) >= 11 is 0. The van der Waals surface area contributed by atoms with E-state index >= 15 is 0 Å². The number of hydrogen-bond acceptors (Lipinski definition) is 5. The lowest BCUT2D eigenvalue weighted by Crippen LogP contribution is -2.45. The molecule has 1 saturated heterocycles. The predicted octanol–water partition coefficient (Wildman–Crippen LogP) is 4.51. The van der Waals surface area contributed by atoms with Gasteiger partial charge in [0.05, 0.1) is 18.8 Å². The summed E-state index contributed by atoms with van der Waals surface area (Å²) in [6.07, 6.45) is 3.29. The van der Waals surface area contributed by atoms with Crippen molar-refractivity contribution in [1.29, 1.82) is 0 Å². The molecule has 0 aromatic rings. The van der Waals surface area contributed by atoms with E-state index in [1.807, 2.05) is 20.8 Å². The van der Waals surface area contributed by atoms with E-state index in [-0.39, 0.29) is 23.3 Å². The summed E-state index contributed by atoms with van der Waals surface area (Å²) in [6.45, 7) is 19.0. The van der Waals surface area contributed by atoms with E-state index in [0.29, 0.717) is 19.6 Å². The minimum atomic E-state index is -1.96. The summed E-state index contributed by atoms with van der Waals surface area (Å²) in [5, 5.41) is 0.0859. The Morgan fingerprint density at radius 2 is 1.74 bits per heavy atom. The molecule has 1 fully saturated rings. The Morgan fingerprint density at radius 1 is 1.15 bits per heavy atom. The second kappa shape index (κ2) is 8.77. The van der Waals surface area contributed by atoms with Gasteiger partial charge >= 0.3 is 12.1 Å². The largest absolute Gasteiger partial charge is 0.463 e. The van der Waals surface area contributed by atoms with Gasteiger partial charge in [-0.2, -0.15) is 0 Å². The van der Waals surface area contributed by atoms with E-state index < -0.39 is 19.9 Å². The second-order valence-electron chi connectivity index (χ2n) is 9.55. The summed E-state index contributed by atoms with van der Waals surface area (Å²) in [5.74, 6) is -0.407. The maximum Gasteiger partial charge on any atom is 0.410 e. The molecule has 0 bridgehead atoms. The maximum absolute atomic E-state index is 12.7. The number of ether oxygens (including phenoxy) is 2. The van der Waals surface area contributed by atoms with Crippen LogP contribution in [0.4, 0.5) is 4.79 Å². The van der Waals surface area contributed by atoms with Gasteiger partial charge in [-0.1, -0.05) is 26.8 Å². The third-order valence-electron chi connectivity index (χ3n) is 4.94. The molecule has 1 amide bonds. The highest BCUT2D eigenvalue weighted by molar-refractivity contribution is 6.74. The molecule has 1 heterocycles. The van der Waals surface area contributed by atoms with Crippen LogP contribution in [0.15, 0.2) is 12.2 Å². The summed E-state index contributed by atoms with van der Waals surface area (Å²) in [7, 11) is -1.96. The molecule has 2 atom stereocenters. The SMILES string of the molecule is CCOC(=O)C=C[C@H]1C[C@@H](O[Si](C)(C)C(C)(C)C)CN1C(=O)OC(C)(C)C. The lowest BCUT2D eigenvalue weighted by molar-refractivity contribution is -0.137. The maximum atomic E-state index is 12.7. The molecule has 27 heavy (non-hydrogen) atoms. The first kappa shape index (κ1) is 23.7. The number of nitrogens with zero attached hydrogens (tertiary/aromatic N) is 1. The molecular formula is C20H37NO5Si. The molecule has 0 spiro atoms. The third kappa shape index (κ3) is 7.29. The van der Waals surface area contributed by atoms with Gasteiger partial charge in [-0.3, -0.25) is 4.90 Å².